The molecule has 1 heterocycles. The standard InChI is InChI=1S/C8H8ClN3/c9-7-4-6(2-1-3-10)8(11)12-5-7/h4-5H,3,10H2,(H2,11,12). The predicted molar refractivity (Wildman–Crippen MR) is 49.6 cm³/mol. The normalized spacial score (nSPS) is 8.83. The lowest BCUT2D eigenvalue weighted by Gasteiger charge is -1.95. The molecule has 0 aliphatic carbocycles. The number of pyridine rings is 1. The molecule has 0 unspecified atom stereocenters. The third kappa shape index (κ3) is 2.12. The zero-order valence-electron chi connectivity index (χ0n) is 6.34. The highest BCUT2D eigenvalue weighted by atomic mass is 35.5. The SMILES string of the molecule is NCC#Cc1cc(Cl)cnc1N. The van der Waals surface area contributed by atoms with E-state index in [0.29, 0.717) is 22.9 Å². The Morgan fingerprint density at radius 2 is 2.33 bits per heavy atom. The summed E-state index contributed by atoms with van der Waals surface area (Å²) < 4.78 is 0. The van der Waals surface area contributed by atoms with Gasteiger partial charge in [-0.3, -0.25) is 0 Å². The third-order valence-electron chi connectivity index (χ3n) is 1.21. The minimum atomic E-state index is 0.298. The molecule has 0 aromatic carbocycles. The van der Waals surface area contributed by atoms with Crippen molar-refractivity contribution in [1.82, 2.24) is 4.98 Å². The van der Waals surface area contributed by atoms with E-state index in [0.717, 1.165) is 0 Å². The molecular weight excluding hydrogens is 174 g/mol. The second kappa shape index (κ2) is 3.96. The van der Waals surface area contributed by atoms with Gasteiger partial charge in [0.1, 0.15) is 5.82 Å². The second-order valence-corrected chi connectivity index (χ2v) is 2.53. The van der Waals surface area contributed by atoms with Crippen LogP contribution in [0.25, 0.3) is 0 Å². The minimum absolute atomic E-state index is 0.298. The summed E-state index contributed by atoms with van der Waals surface area (Å²) in [7, 11) is 0. The topological polar surface area (TPSA) is 64.9 Å². The Hall–Kier alpha value is -1.24. The number of hydrogen-bond acceptors (Lipinski definition) is 3. The van der Waals surface area contributed by atoms with E-state index in [9.17, 15) is 0 Å². The van der Waals surface area contributed by atoms with E-state index in [2.05, 4.69) is 16.8 Å². The first-order valence-corrected chi connectivity index (χ1v) is 3.72. The predicted octanol–water partition coefficient (Wildman–Crippen LogP) is 0.627. The number of halogens is 1. The van der Waals surface area contributed by atoms with Gasteiger partial charge in [-0.05, 0) is 6.07 Å². The number of nitrogen functional groups attached to an aromatic ring is 1. The van der Waals surface area contributed by atoms with Crippen LogP contribution in [-0.2, 0) is 0 Å². The van der Waals surface area contributed by atoms with Gasteiger partial charge < -0.3 is 11.5 Å². The first-order valence-electron chi connectivity index (χ1n) is 3.34. The molecule has 0 radical (unpaired) electrons. The molecule has 0 fully saturated rings. The van der Waals surface area contributed by atoms with Gasteiger partial charge in [0.15, 0.2) is 0 Å². The molecule has 0 aliphatic heterocycles. The Kier molecular flexibility index (Phi) is 2.92. The summed E-state index contributed by atoms with van der Waals surface area (Å²) in [6.45, 7) is 0.298. The highest BCUT2D eigenvalue weighted by molar-refractivity contribution is 6.30. The molecule has 0 spiro atoms. The van der Waals surface area contributed by atoms with Gasteiger partial charge in [-0.15, -0.1) is 0 Å². The fraction of sp³-hybridized carbons (Fsp3) is 0.125. The third-order valence-corrected chi connectivity index (χ3v) is 1.42. The number of nitrogens with two attached hydrogens (primary N) is 2. The lowest BCUT2D eigenvalue weighted by molar-refractivity contribution is 1.29. The van der Waals surface area contributed by atoms with Crippen molar-refractivity contribution in [3.63, 3.8) is 0 Å². The largest absolute Gasteiger partial charge is 0.383 e. The Bertz CT molecular complexity index is 338. The van der Waals surface area contributed by atoms with E-state index in [4.69, 9.17) is 23.1 Å². The van der Waals surface area contributed by atoms with Crippen LogP contribution in [0.3, 0.4) is 0 Å². The summed E-state index contributed by atoms with van der Waals surface area (Å²) in [5.41, 5.74) is 11.3. The summed E-state index contributed by atoms with van der Waals surface area (Å²) in [5, 5.41) is 0.519. The van der Waals surface area contributed by atoms with Crippen LogP contribution in [0, 0.1) is 11.8 Å². The molecule has 0 saturated heterocycles. The van der Waals surface area contributed by atoms with Gasteiger partial charge >= 0.3 is 0 Å². The maximum atomic E-state index is 5.68. The van der Waals surface area contributed by atoms with E-state index in [1.807, 2.05) is 0 Å². The molecule has 0 saturated carbocycles. The molecular formula is C8H8ClN3. The average molecular weight is 182 g/mol. The van der Waals surface area contributed by atoms with Crippen LogP contribution in [0.1, 0.15) is 5.56 Å². The fourth-order valence-corrected chi connectivity index (χ4v) is 0.854. The molecule has 4 heteroatoms. The van der Waals surface area contributed by atoms with Crippen LogP contribution in [0.2, 0.25) is 5.02 Å². The van der Waals surface area contributed by atoms with Crippen molar-refractivity contribution in [1.29, 1.82) is 0 Å². The summed E-state index contributed by atoms with van der Waals surface area (Å²) in [6, 6.07) is 1.66. The van der Waals surface area contributed by atoms with Gasteiger partial charge in [-0.1, -0.05) is 23.4 Å². The van der Waals surface area contributed by atoms with Crippen molar-refractivity contribution in [2.45, 2.75) is 0 Å². The molecule has 0 aliphatic rings. The number of hydrogen-bond donors (Lipinski definition) is 2. The molecule has 1 aromatic heterocycles. The van der Waals surface area contributed by atoms with Gasteiger partial charge in [0.25, 0.3) is 0 Å². The van der Waals surface area contributed by atoms with Crippen molar-refractivity contribution in [2.24, 2.45) is 5.73 Å². The molecule has 0 amide bonds. The fourth-order valence-electron chi connectivity index (χ4n) is 0.696. The first-order chi connectivity index (χ1) is 5.74. The molecule has 12 heavy (non-hydrogen) atoms. The second-order valence-electron chi connectivity index (χ2n) is 2.09. The molecule has 1 rings (SSSR count). The van der Waals surface area contributed by atoms with Crippen LogP contribution in [-0.4, -0.2) is 11.5 Å². The number of nitrogens with zero attached hydrogens (tertiary/aromatic N) is 1. The van der Waals surface area contributed by atoms with E-state index in [1.54, 1.807) is 6.07 Å². The van der Waals surface area contributed by atoms with Gasteiger partial charge in [0, 0.05) is 6.20 Å². The molecule has 0 bridgehead atoms. The van der Waals surface area contributed by atoms with Crippen LogP contribution in [0.4, 0.5) is 5.82 Å². The van der Waals surface area contributed by atoms with Crippen molar-refractivity contribution in [3.8, 4) is 11.8 Å². The maximum absolute atomic E-state index is 5.68. The van der Waals surface area contributed by atoms with Crippen LogP contribution < -0.4 is 11.5 Å². The van der Waals surface area contributed by atoms with Crippen molar-refractivity contribution < 1.29 is 0 Å². The molecule has 1 aromatic rings. The number of rotatable bonds is 0. The molecule has 4 N–H and O–H groups in total. The van der Waals surface area contributed by atoms with E-state index >= 15 is 0 Å². The van der Waals surface area contributed by atoms with Crippen molar-refractivity contribution in [2.75, 3.05) is 12.3 Å². The maximum Gasteiger partial charge on any atom is 0.139 e. The van der Waals surface area contributed by atoms with Gasteiger partial charge in [-0.2, -0.15) is 0 Å². The Balaban J connectivity index is 3.05. The first kappa shape index (κ1) is 8.85. The summed E-state index contributed by atoms with van der Waals surface area (Å²) in [4.78, 5) is 3.83. The van der Waals surface area contributed by atoms with Gasteiger partial charge in [0.05, 0.1) is 17.1 Å². The average Bonchev–Trinajstić information content (AvgIpc) is 2.07. The number of aromatic nitrogens is 1. The highest BCUT2D eigenvalue weighted by Gasteiger charge is 1.96. The zero-order chi connectivity index (χ0) is 8.97. The molecule has 0 atom stereocenters. The Labute approximate surface area is 75.7 Å². The van der Waals surface area contributed by atoms with E-state index in [-0.39, 0.29) is 0 Å². The van der Waals surface area contributed by atoms with Crippen LogP contribution >= 0.6 is 11.6 Å². The highest BCUT2D eigenvalue weighted by Crippen LogP contribution is 2.13. The van der Waals surface area contributed by atoms with Crippen molar-refractivity contribution >= 4 is 17.4 Å². The van der Waals surface area contributed by atoms with E-state index in [1.165, 1.54) is 6.20 Å². The Morgan fingerprint density at radius 1 is 1.58 bits per heavy atom. The monoisotopic (exact) mass is 181 g/mol. The minimum Gasteiger partial charge on any atom is -0.383 e. The van der Waals surface area contributed by atoms with Gasteiger partial charge in [0.2, 0.25) is 0 Å². The van der Waals surface area contributed by atoms with E-state index < -0.39 is 0 Å². The van der Waals surface area contributed by atoms with Crippen LogP contribution in [0.15, 0.2) is 12.3 Å². The lowest BCUT2D eigenvalue weighted by atomic mass is 10.2. The quantitative estimate of drug-likeness (QED) is 0.577. The lowest BCUT2D eigenvalue weighted by Crippen LogP contribution is -1.96. The summed E-state index contributed by atoms with van der Waals surface area (Å²) >= 11 is 5.68. The molecule has 62 valence electrons. The van der Waals surface area contributed by atoms with Crippen LogP contribution in [0.5, 0.6) is 0 Å². The van der Waals surface area contributed by atoms with Crippen molar-refractivity contribution in [3.05, 3.63) is 22.8 Å². The number of anilines is 1. The molecule has 3 nitrogen and oxygen atoms in total. The summed E-state index contributed by atoms with van der Waals surface area (Å²) in [6.07, 6.45) is 1.48. The zero-order valence-corrected chi connectivity index (χ0v) is 7.10. The summed E-state index contributed by atoms with van der Waals surface area (Å²) in [5.74, 6) is 5.81. The smallest absolute Gasteiger partial charge is 0.139 e. The van der Waals surface area contributed by atoms with Gasteiger partial charge in [-0.25, -0.2) is 4.98 Å². The Morgan fingerprint density at radius 3 is 3.00 bits per heavy atom.